The zero-order valence-corrected chi connectivity index (χ0v) is 12.9. The molecule has 0 radical (unpaired) electrons. The number of nitrogens with zero attached hydrogens (tertiary/aromatic N) is 1. The van der Waals surface area contributed by atoms with Crippen LogP contribution in [0.15, 0.2) is 30.3 Å². The molecule has 0 bridgehead atoms. The molecule has 1 aliphatic carbocycles. The number of benzene rings is 1. The first-order chi connectivity index (χ1) is 9.69. The summed E-state index contributed by atoms with van der Waals surface area (Å²) in [6.45, 7) is 7.08. The maximum atomic E-state index is 3.68. The van der Waals surface area contributed by atoms with Gasteiger partial charge in [-0.2, -0.15) is 0 Å². The summed E-state index contributed by atoms with van der Waals surface area (Å²) in [5, 5.41) is 3.68. The fourth-order valence-corrected chi connectivity index (χ4v) is 4.08. The first kappa shape index (κ1) is 14.1. The van der Waals surface area contributed by atoms with E-state index in [-0.39, 0.29) is 0 Å². The minimum atomic E-state index is 0.398. The molecule has 1 heterocycles. The van der Waals surface area contributed by atoms with Crippen LogP contribution in [0.1, 0.15) is 57.6 Å². The van der Waals surface area contributed by atoms with E-state index in [9.17, 15) is 0 Å². The Morgan fingerprint density at radius 3 is 2.50 bits per heavy atom. The summed E-state index contributed by atoms with van der Waals surface area (Å²) in [5.74, 6) is 0. The third kappa shape index (κ3) is 2.77. The molecular weight excluding hydrogens is 244 g/mol. The van der Waals surface area contributed by atoms with Crippen LogP contribution in [0.4, 0.5) is 0 Å². The highest BCUT2D eigenvalue weighted by molar-refractivity contribution is 5.21. The lowest BCUT2D eigenvalue weighted by atomic mass is 9.79. The van der Waals surface area contributed by atoms with Crippen LogP contribution in [0.3, 0.4) is 0 Å². The molecule has 1 N–H and O–H groups in total. The van der Waals surface area contributed by atoms with E-state index in [1.165, 1.54) is 44.2 Å². The second-order valence-electron chi connectivity index (χ2n) is 6.95. The van der Waals surface area contributed by atoms with Crippen LogP contribution < -0.4 is 5.32 Å². The van der Waals surface area contributed by atoms with E-state index in [0.29, 0.717) is 17.6 Å². The number of piperazine rings is 1. The maximum Gasteiger partial charge on any atom is 0.0478 e. The van der Waals surface area contributed by atoms with Crippen molar-refractivity contribution in [2.24, 2.45) is 0 Å². The van der Waals surface area contributed by atoms with E-state index in [1.807, 2.05) is 0 Å². The lowest BCUT2D eigenvalue weighted by molar-refractivity contribution is -0.00200. The van der Waals surface area contributed by atoms with Crippen molar-refractivity contribution < 1.29 is 0 Å². The van der Waals surface area contributed by atoms with Crippen LogP contribution in [0.25, 0.3) is 0 Å². The lowest BCUT2D eigenvalue weighted by Crippen LogP contribution is -2.59. The van der Waals surface area contributed by atoms with Gasteiger partial charge in [0.2, 0.25) is 0 Å². The first-order valence-corrected chi connectivity index (χ1v) is 8.24. The predicted octanol–water partition coefficient (Wildman–Crippen LogP) is 3.74. The molecule has 2 unspecified atom stereocenters. The van der Waals surface area contributed by atoms with Gasteiger partial charge in [-0.15, -0.1) is 0 Å². The minimum Gasteiger partial charge on any atom is -0.311 e. The van der Waals surface area contributed by atoms with Gasteiger partial charge < -0.3 is 5.32 Å². The fraction of sp³-hybridized carbons (Fsp3) is 0.667. The Labute approximate surface area is 123 Å². The highest BCUT2D eigenvalue weighted by atomic mass is 15.3. The molecule has 0 amide bonds. The van der Waals surface area contributed by atoms with Gasteiger partial charge in [-0.1, -0.05) is 49.6 Å². The molecule has 110 valence electrons. The molecule has 3 rings (SSSR count). The maximum absolute atomic E-state index is 3.68. The second kappa shape index (κ2) is 5.87. The predicted molar refractivity (Wildman–Crippen MR) is 84.8 cm³/mol. The Morgan fingerprint density at radius 1 is 1.10 bits per heavy atom. The van der Waals surface area contributed by atoms with Crippen LogP contribution in [-0.2, 0) is 0 Å². The highest BCUT2D eigenvalue weighted by Crippen LogP contribution is 2.39. The standard InChI is InChI=1S/C18H28N2/c1-15-14-20(18(2)11-7-4-8-12-18)17(13-19-15)16-9-5-3-6-10-16/h3,5-6,9-10,15,17,19H,4,7-8,11-14H2,1-2H3. The summed E-state index contributed by atoms with van der Waals surface area (Å²) in [6.07, 6.45) is 6.95. The van der Waals surface area contributed by atoms with E-state index in [2.05, 4.69) is 54.4 Å². The Bertz CT molecular complexity index is 422. The molecule has 1 aromatic carbocycles. The van der Waals surface area contributed by atoms with Gasteiger partial charge in [0.15, 0.2) is 0 Å². The number of rotatable bonds is 2. The lowest BCUT2D eigenvalue weighted by Gasteiger charge is -2.52. The molecule has 2 heteroatoms. The molecule has 1 aromatic rings. The topological polar surface area (TPSA) is 15.3 Å². The number of nitrogens with one attached hydrogen (secondary N) is 1. The van der Waals surface area contributed by atoms with Gasteiger partial charge in [-0.3, -0.25) is 4.90 Å². The van der Waals surface area contributed by atoms with Crippen molar-refractivity contribution in [2.45, 2.75) is 63.6 Å². The fourth-order valence-electron chi connectivity index (χ4n) is 4.08. The molecule has 2 atom stereocenters. The largest absolute Gasteiger partial charge is 0.311 e. The molecule has 0 spiro atoms. The van der Waals surface area contributed by atoms with Crippen LogP contribution in [0.5, 0.6) is 0 Å². The molecule has 2 nitrogen and oxygen atoms in total. The van der Waals surface area contributed by atoms with Gasteiger partial charge in [0, 0.05) is 30.7 Å². The van der Waals surface area contributed by atoms with Gasteiger partial charge in [0.1, 0.15) is 0 Å². The van der Waals surface area contributed by atoms with Crippen molar-refractivity contribution in [2.75, 3.05) is 13.1 Å². The third-order valence-corrected chi connectivity index (χ3v) is 5.31. The average Bonchev–Trinajstić information content (AvgIpc) is 2.49. The normalized spacial score (nSPS) is 31.1. The molecular formula is C18H28N2. The Hall–Kier alpha value is -0.860. The summed E-state index contributed by atoms with van der Waals surface area (Å²) in [6, 6.07) is 12.2. The van der Waals surface area contributed by atoms with Gasteiger partial charge in [0.05, 0.1) is 0 Å². The third-order valence-electron chi connectivity index (χ3n) is 5.31. The molecule has 1 aliphatic heterocycles. The molecule has 1 saturated carbocycles. The van der Waals surface area contributed by atoms with Crippen LogP contribution in [-0.4, -0.2) is 29.6 Å². The summed E-state index contributed by atoms with van der Waals surface area (Å²) < 4.78 is 0. The molecule has 2 aliphatic rings. The van der Waals surface area contributed by atoms with Crippen molar-refractivity contribution in [1.82, 2.24) is 10.2 Å². The first-order valence-electron chi connectivity index (χ1n) is 8.24. The summed E-state index contributed by atoms with van der Waals surface area (Å²) in [4.78, 5) is 2.81. The van der Waals surface area contributed by atoms with Gasteiger partial charge in [-0.05, 0) is 32.3 Å². The van der Waals surface area contributed by atoms with E-state index in [4.69, 9.17) is 0 Å². The zero-order valence-electron chi connectivity index (χ0n) is 12.9. The van der Waals surface area contributed by atoms with Crippen molar-refractivity contribution in [3.05, 3.63) is 35.9 Å². The van der Waals surface area contributed by atoms with Crippen molar-refractivity contribution in [3.63, 3.8) is 0 Å². The summed E-state index contributed by atoms with van der Waals surface area (Å²) in [5.41, 5.74) is 1.87. The van der Waals surface area contributed by atoms with E-state index in [0.717, 1.165) is 6.54 Å². The smallest absolute Gasteiger partial charge is 0.0478 e. The highest BCUT2D eigenvalue weighted by Gasteiger charge is 2.40. The van der Waals surface area contributed by atoms with Crippen molar-refractivity contribution in [1.29, 1.82) is 0 Å². The van der Waals surface area contributed by atoms with Gasteiger partial charge in [-0.25, -0.2) is 0 Å². The number of hydrogen-bond acceptors (Lipinski definition) is 2. The van der Waals surface area contributed by atoms with Gasteiger partial charge >= 0.3 is 0 Å². The Balaban J connectivity index is 1.87. The van der Waals surface area contributed by atoms with Crippen molar-refractivity contribution in [3.8, 4) is 0 Å². The van der Waals surface area contributed by atoms with Crippen molar-refractivity contribution >= 4 is 0 Å². The molecule has 20 heavy (non-hydrogen) atoms. The molecule has 2 fully saturated rings. The molecule has 0 aromatic heterocycles. The quantitative estimate of drug-likeness (QED) is 0.882. The Morgan fingerprint density at radius 2 is 1.80 bits per heavy atom. The average molecular weight is 272 g/mol. The summed E-state index contributed by atoms with van der Waals surface area (Å²) >= 11 is 0. The monoisotopic (exact) mass is 272 g/mol. The number of hydrogen-bond donors (Lipinski definition) is 1. The van der Waals surface area contributed by atoms with Crippen LogP contribution in [0.2, 0.25) is 0 Å². The minimum absolute atomic E-state index is 0.398. The summed E-state index contributed by atoms with van der Waals surface area (Å²) in [7, 11) is 0. The second-order valence-corrected chi connectivity index (χ2v) is 6.95. The SMILES string of the molecule is CC1CN(C2(C)CCCCC2)C(c2ccccc2)CN1. The zero-order chi connectivity index (χ0) is 14.0. The van der Waals surface area contributed by atoms with E-state index >= 15 is 0 Å². The molecule has 1 saturated heterocycles. The van der Waals surface area contributed by atoms with Crippen LogP contribution in [0, 0.1) is 0 Å². The van der Waals surface area contributed by atoms with E-state index in [1.54, 1.807) is 0 Å². The van der Waals surface area contributed by atoms with E-state index < -0.39 is 0 Å². The van der Waals surface area contributed by atoms with Gasteiger partial charge in [0.25, 0.3) is 0 Å². The van der Waals surface area contributed by atoms with Crippen LogP contribution >= 0.6 is 0 Å². The Kier molecular flexibility index (Phi) is 4.13.